The molecule has 122 valence electrons. The highest BCUT2D eigenvalue weighted by Crippen LogP contribution is 2.30. The number of nitrogens with one attached hydrogen (secondary N) is 2. The van der Waals surface area contributed by atoms with E-state index in [1.165, 1.54) is 25.3 Å². The number of aromatic amines is 1. The van der Waals surface area contributed by atoms with Crippen molar-refractivity contribution in [2.45, 2.75) is 17.3 Å². The van der Waals surface area contributed by atoms with E-state index in [1.54, 1.807) is 6.92 Å². The summed E-state index contributed by atoms with van der Waals surface area (Å²) in [7, 11) is 1.41. The Morgan fingerprint density at radius 3 is 2.87 bits per heavy atom. The number of rotatable bonds is 6. The number of nitrogens with zero attached hydrogens (tertiary/aromatic N) is 3. The second-order valence-electron chi connectivity index (χ2n) is 4.39. The van der Waals surface area contributed by atoms with Gasteiger partial charge >= 0.3 is 0 Å². The van der Waals surface area contributed by atoms with Gasteiger partial charge in [-0.2, -0.15) is 4.98 Å². The van der Waals surface area contributed by atoms with E-state index in [0.29, 0.717) is 10.9 Å². The highest BCUT2D eigenvalue weighted by molar-refractivity contribution is 8.00. The first kappa shape index (κ1) is 16.5. The average Bonchev–Trinajstić information content (AvgIpc) is 2.92. The maximum Gasteiger partial charge on any atom is 0.271 e. The summed E-state index contributed by atoms with van der Waals surface area (Å²) in [6.07, 6.45) is 0. The molecule has 0 aliphatic rings. The molecule has 0 unspecified atom stereocenters. The van der Waals surface area contributed by atoms with Crippen molar-refractivity contribution in [1.29, 1.82) is 0 Å². The normalized spacial score (nSPS) is 11.7. The van der Waals surface area contributed by atoms with Crippen LogP contribution in [-0.2, 0) is 4.79 Å². The molecule has 1 amide bonds. The first-order valence-corrected chi connectivity index (χ1v) is 7.26. The molecule has 0 radical (unpaired) electrons. The minimum atomic E-state index is -0.552. The number of non-ortho nitro benzene ring substituents is 1. The minimum absolute atomic E-state index is 0.150. The number of ether oxygens (including phenoxy) is 1. The second-order valence-corrected chi connectivity index (χ2v) is 5.70. The van der Waals surface area contributed by atoms with E-state index in [1.807, 2.05) is 0 Å². The lowest BCUT2D eigenvalue weighted by Gasteiger charge is -2.12. The summed E-state index contributed by atoms with van der Waals surface area (Å²) in [5, 5.41) is 19.5. The van der Waals surface area contributed by atoms with Crippen LogP contribution in [0, 0.1) is 10.1 Å². The molecule has 1 heterocycles. The Morgan fingerprint density at radius 2 is 2.30 bits per heavy atom. The average molecular weight is 338 g/mol. The molecule has 0 aliphatic carbocycles. The summed E-state index contributed by atoms with van der Waals surface area (Å²) >= 11 is 1.10. The Balaban J connectivity index is 2.12. The summed E-state index contributed by atoms with van der Waals surface area (Å²) in [5.41, 5.74) is 5.48. The van der Waals surface area contributed by atoms with Crippen LogP contribution in [0.3, 0.4) is 0 Å². The predicted molar refractivity (Wildman–Crippen MR) is 84.4 cm³/mol. The maximum absolute atomic E-state index is 12.2. The van der Waals surface area contributed by atoms with Crippen LogP contribution in [0.15, 0.2) is 23.4 Å². The molecule has 0 saturated carbocycles. The van der Waals surface area contributed by atoms with Crippen molar-refractivity contribution in [2.75, 3.05) is 18.2 Å². The highest BCUT2D eigenvalue weighted by atomic mass is 32.2. The van der Waals surface area contributed by atoms with E-state index in [0.717, 1.165) is 11.8 Å². The van der Waals surface area contributed by atoms with Gasteiger partial charge < -0.3 is 15.8 Å². The smallest absolute Gasteiger partial charge is 0.271 e. The van der Waals surface area contributed by atoms with E-state index in [-0.39, 0.29) is 23.2 Å². The van der Waals surface area contributed by atoms with Gasteiger partial charge in [0, 0.05) is 12.1 Å². The van der Waals surface area contributed by atoms with E-state index in [9.17, 15) is 14.9 Å². The van der Waals surface area contributed by atoms with Gasteiger partial charge in [0.05, 0.1) is 23.0 Å². The molecule has 1 aromatic carbocycles. The van der Waals surface area contributed by atoms with Crippen LogP contribution in [0.2, 0.25) is 0 Å². The van der Waals surface area contributed by atoms with Gasteiger partial charge in [-0.15, -0.1) is 5.10 Å². The maximum atomic E-state index is 12.2. The van der Waals surface area contributed by atoms with Crippen molar-refractivity contribution in [3.8, 4) is 5.75 Å². The number of thioether (sulfide) groups is 1. The van der Waals surface area contributed by atoms with Crippen LogP contribution in [0.4, 0.5) is 17.3 Å². The fourth-order valence-corrected chi connectivity index (χ4v) is 2.40. The molecule has 0 spiro atoms. The largest absolute Gasteiger partial charge is 0.495 e. The number of amides is 1. The molecule has 1 aromatic heterocycles. The SMILES string of the molecule is COc1ccc([N+](=O)[O-])cc1NC(=O)[C@@H](C)Sc1n[nH]c(N)n1. The lowest BCUT2D eigenvalue weighted by molar-refractivity contribution is -0.384. The number of carbonyl (C=O) groups excluding carboxylic acids is 1. The number of methoxy groups -OCH3 is 1. The molecule has 0 fully saturated rings. The zero-order chi connectivity index (χ0) is 17.0. The van der Waals surface area contributed by atoms with Crippen molar-refractivity contribution in [3.63, 3.8) is 0 Å². The molecule has 0 bridgehead atoms. The van der Waals surface area contributed by atoms with E-state index >= 15 is 0 Å². The molecule has 2 aromatic rings. The van der Waals surface area contributed by atoms with Gasteiger partial charge in [-0.05, 0) is 13.0 Å². The van der Waals surface area contributed by atoms with Gasteiger partial charge in [-0.1, -0.05) is 11.8 Å². The van der Waals surface area contributed by atoms with Crippen molar-refractivity contribution in [2.24, 2.45) is 0 Å². The first-order chi connectivity index (χ1) is 10.9. The monoisotopic (exact) mass is 338 g/mol. The zero-order valence-electron chi connectivity index (χ0n) is 12.3. The molecule has 0 aliphatic heterocycles. The highest BCUT2D eigenvalue weighted by Gasteiger charge is 2.20. The lowest BCUT2D eigenvalue weighted by atomic mass is 10.2. The van der Waals surface area contributed by atoms with E-state index in [4.69, 9.17) is 10.5 Å². The third kappa shape index (κ3) is 4.10. The number of nitro benzene ring substituents is 1. The topological polar surface area (TPSA) is 149 Å². The number of H-pyrrole nitrogens is 1. The Kier molecular flexibility index (Phi) is 5.01. The quantitative estimate of drug-likeness (QED) is 0.406. The number of hydrogen-bond donors (Lipinski definition) is 3. The van der Waals surface area contributed by atoms with Gasteiger partial charge in [-0.3, -0.25) is 14.9 Å². The van der Waals surface area contributed by atoms with Gasteiger partial charge in [0.25, 0.3) is 5.69 Å². The summed E-state index contributed by atoms with van der Waals surface area (Å²) in [6.45, 7) is 1.65. The number of nitrogens with two attached hydrogens (primary N) is 1. The Bertz CT molecular complexity index is 734. The Hall–Kier alpha value is -2.82. The van der Waals surface area contributed by atoms with Crippen LogP contribution in [0.5, 0.6) is 5.75 Å². The van der Waals surface area contributed by atoms with Gasteiger partial charge in [0.2, 0.25) is 17.0 Å². The fourth-order valence-electron chi connectivity index (χ4n) is 1.66. The molecular weight excluding hydrogens is 324 g/mol. The third-order valence-corrected chi connectivity index (χ3v) is 3.75. The third-order valence-electron chi connectivity index (χ3n) is 2.79. The number of nitrogen functional groups attached to an aromatic ring is 1. The van der Waals surface area contributed by atoms with Crippen molar-refractivity contribution < 1.29 is 14.5 Å². The molecule has 10 nitrogen and oxygen atoms in total. The predicted octanol–water partition coefficient (Wildman–Crippen LogP) is 1.42. The van der Waals surface area contributed by atoms with Crippen molar-refractivity contribution >= 4 is 35.0 Å². The van der Waals surface area contributed by atoms with Crippen LogP contribution in [0.25, 0.3) is 0 Å². The van der Waals surface area contributed by atoms with Gasteiger partial charge in [0.1, 0.15) is 5.75 Å². The Labute approximate surface area is 135 Å². The molecular formula is C12H14N6O4S. The summed E-state index contributed by atoms with van der Waals surface area (Å²) < 4.78 is 5.09. The van der Waals surface area contributed by atoms with Crippen LogP contribution >= 0.6 is 11.8 Å². The molecule has 11 heteroatoms. The number of carbonyl (C=O) groups is 1. The number of nitro groups is 1. The van der Waals surface area contributed by atoms with Gasteiger partial charge in [-0.25, -0.2) is 5.10 Å². The summed E-state index contributed by atoms with van der Waals surface area (Å²) in [6, 6.07) is 3.95. The van der Waals surface area contributed by atoms with Crippen LogP contribution in [-0.4, -0.2) is 38.4 Å². The standard InChI is InChI=1S/C12H14N6O4S/c1-6(23-12-15-11(13)16-17-12)10(19)14-8-5-7(18(20)21)3-4-9(8)22-2/h3-6H,1-2H3,(H,14,19)(H3,13,15,16,17)/t6-/m1/s1. The van der Waals surface area contributed by atoms with Crippen LogP contribution < -0.4 is 15.8 Å². The molecule has 23 heavy (non-hydrogen) atoms. The molecule has 2 rings (SSSR count). The van der Waals surface area contributed by atoms with Crippen molar-refractivity contribution in [3.05, 3.63) is 28.3 Å². The molecule has 4 N–H and O–H groups in total. The number of anilines is 2. The molecule has 1 atom stereocenters. The number of benzene rings is 1. The van der Waals surface area contributed by atoms with Crippen molar-refractivity contribution in [1.82, 2.24) is 15.2 Å². The number of hydrogen-bond acceptors (Lipinski definition) is 8. The second kappa shape index (κ2) is 6.96. The van der Waals surface area contributed by atoms with Crippen LogP contribution in [0.1, 0.15) is 6.92 Å². The fraction of sp³-hybridized carbons (Fsp3) is 0.250. The lowest BCUT2D eigenvalue weighted by Crippen LogP contribution is -2.23. The van der Waals surface area contributed by atoms with E-state index < -0.39 is 10.2 Å². The summed E-state index contributed by atoms with van der Waals surface area (Å²) in [5.74, 6) is 0.0981. The number of aromatic nitrogens is 3. The molecule has 0 saturated heterocycles. The Morgan fingerprint density at radius 1 is 1.57 bits per heavy atom. The first-order valence-electron chi connectivity index (χ1n) is 6.38. The van der Waals surface area contributed by atoms with E-state index in [2.05, 4.69) is 20.5 Å². The summed E-state index contributed by atoms with van der Waals surface area (Å²) in [4.78, 5) is 26.4. The zero-order valence-corrected chi connectivity index (χ0v) is 13.1. The van der Waals surface area contributed by atoms with Gasteiger partial charge in [0.15, 0.2) is 0 Å². The minimum Gasteiger partial charge on any atom is -0.495 e.